The van der Waals surface area contributed by atoms with Crippen LogP contribution < -0.4 is 5.73 Å². The van der Waals surface area contributed by atoms with Crippen LogP contribution in [-0.4, -0.2) is 11.8 Å². The Morgan fingerprint density at radius 3 is 2.65 bits per heavy atom. The van der Waals surface area contributed by atoms with E-state index in [2.05, 4.69) is 15.9 Å². The van der Waals surface area contributed by atoms with E-state index < -0.39 is 17.6 Å². The average Bonchev–Trinajstić information content (AvgIpc) is 2.24. The van der Waals surface area contributed by atoms with Gasteiger partial charge in [0.15, 0.2) is 11.6 Å². The highest BCUT2D eigenvalue weighted by molar-refractivity contribution is 9.10. The number of Topliss-reactive ketones (excluding diaryl/α,β-unsaturated/α-hetero) is 1. The van der Waals surface area contributed by atoms with Gasteiger partial charge in [0.05, 0.1) is 16.6 Å². The maximum absolute atomic E-state index is 13.8. The number of hydrogen-bond acceptors (Lipinski definition) is 2. The summed E-state index contributed by atoms with van der Waals surface area (Å²) in [6.45, 7) is 3.91. The van der Waals surface area contributed by atoms with Gasteiger partial charge in [-0.1, -0.05) is 25.4 Å². The van der Waals surface area contributed by atoms with Crippen molar-refractivity contribution in [2.75, 3.05) is 0 Å². The number of ketones is 1. The molecule has 0 amide bonds. The molecule has 0 heterocycles. The zero-order valence-electron chi connectivity index (χ0n) is 9.64. The number of hydrogen-bond donors (Lipinski definition) is 1. The third-order valence-corrected chi connectivity index (χ3v) is 3.62. The van der Waals surface area contributed by atoms with Crippen LogP contribution in [0.4, 0.5) is 4.39 Å². The van der Waals surface area contributed by atoms with E-state index in [1.807, 2.05) is 13.8 Å². The number of rotatable bonds is 4. The van der Waals surface area contributed by atoms with Gasteiger partial charge in [0.2, 0.25) is 0 Å². The highest BCUT2D eigenvalue weighted by Gasteiger charge is 2.22. The molecule has 17 heavy (non-hydrogen) atoms. The molecule has 94 valence electrons. The van der Waals surface area contributed by atoms with Crippen molar-refractivity contribution >= 4 is 33.3 Å². The predicted molar refractivity (Wildman–Crippen MR) is 70.9 cm³/mol. The quantitative estimate of drug-likeness (QED) is 0.677. The van der Waals surface area contributed by atoms with Crippen molar-refractivity contribution in [1.82, 2.24) is 0 Å². The Kier molecular flexibility index (Phi) is 5.10. The van der Waals surface area contributed by atoms with Gasteiger partial charge in [-0.15, -0.1) is 0 Å². The molecule has 0 saturated heterocycles. The number of carbonyl (C=O) groups excluding carboxylic acids is 1. The summed E-state index contributed by atoms with van der Waals surface area (Å²) in [5.74, 6) is -0.848. The van der Waals surface area contributed by atoms with Crippen molar-refractivity contribution in [3.8, 4) is 0 Å². The SMILES string of the molecule is CC(C)CC(N)C(=O)c1ccc(Br)c(Cl)c1F. The van der Waals surface area contributed by atoms with Crippen LogP contribution in [0.1, 0.15) is 30.6 Å². The summed E-state index contributed by atoms with van der Waals surface area (Å²) < 4.78 is 14.2. The molecular weight excluding hydrogens is 308 g/mol. The van der Waals surface area contributed by atoms with Crippen LogP contribution in [0.2, 0.25) is 5.02 Å². The monoisotopic (exact) mass is 321 g/mol. The maximum Gasteiger partial charge on any atom is 0.182 e. The van der Waals surface area contributed by atoms with E-state index in [4.69, 9.17) is 17.3 Å². The van der Waals surface area contributed by atoms with Crippen LogP contribution in [0.3, 0.4) is 0 Å². The van der Waals surface area contributed by atoms with Gasteiger partial charge in [-0.25, -0.2) is 4.39 Å². The van der Waals surface area contributed by atoms with Crippen LogP contribution in [-0.2, 0) is 0 Å². The minimum absolute atomic E-state index is 0.0497. The van der Waals surface area contributed by atoms with Gasteiger partial charge >= 0.3 is 0 Å². The molecule has 1 unspecified atom stereocenters. The molecule has 0 fully saturated rings. The summed E-state index contributed by atoms with van der Waals surface area (Å²) in [5.41, 5.74) is 5.69. The second-order valence-electron chi connectivity index (χ2n) is 4.32. The molecular formula is C12H14BrClFNO. The number of benzene rings is 1. The molecule has 0 bridgehead atoms. The second kappa shape index (κ2) is 5.94. The first-order chi connectivity index (χ1) is 7.84. The van der Waals surface area contributed by atoms with Crippen molar-refractivity contribution in [2.45, 2.75) is 26.3 Å². The lowest BCUT2D eigenvalue weighted by Crippen LogP contribution is -2.32. The van der Waals surface area contributed by atoms with Crippen LogP contribution in [0.25, 0.3) is 0 Å². The standard InChI is InChI=1S/C12H14BrClFNO/c1-6(2)5-9(16)12(17)7-3-4-8(13)10(14)11(7)15/h3-4,6,9H,5,16H2,1-2H3. The predicted octanol–water partition coefficient (Wildman–Crippen LogP) is 3.80. The number of nitrogens with two attached hydrogens (primary N) is 1. The minimum Gasteiger partial charge on any atom is -0.321 e. The number of carbonyl (C=O) groups is 1. The molecule has 1 aromatic rings. The van der Waals surface area contributed by atoms with Crippen LogP contribution in [0, 0.1) is 11.7 Å². The third-order valence-electron chi connectivity index (χ3n) is 2.36. The van der Waals surface area contributed by atoms with E-state index in [1.165, 1.54) is 6.07 Å². The fourth-order valence-corrected chi connectivity index (χ4v) is 2.00. The molecule has 2 nitrogen and oxygen atoms in total. The Morgan fingerprint density at radius 1 is 1.53 bits per heavy atom. The Labute approximate surface area is 113 Å². The smallest absolute Gasteiger partial charge is 0.182 e. The fourth-order valence-electron chi connectivity index (χ4n) is 1.53. The fraction of sp³-hybridized carbons (Fsp3) is 0.417. The van der Waals surface area contributed by atoms with Gasteiger partial charge in [0.1, 0.15) is 0 Å². The van der Waals surface area contributed by atoms with Gasteiger partial charge in [-0.3, -0.25) is 4.79 Å². The highest BCUT2D eigenvalue weighted by Crippen LogP contribution is 2.28. The van der Waals surface area contributed by atoms with E-state index in [-0.39, 0.29) is 16.5 Å². The number of halogens is 3. The first-order valence-corrected chi connectivity index (χ1v) is 6.45. The van der Waals surface area contributed by atoms with Crippen LogP contribution in [0.5, 0.6) is 0 Å². The van der Waals surface area contributed by atoms with E-state index in [9.17, 15) is 9.18 Å². The average molecular weight is 323 g/mol. The summed E-state index contributed by atoms with van der Waals surface area (Å²) in [7, 11) is 0. The van der Waals surface area contributed by atoms with Gasteiger partial charge in [-0.05, 0) is 40.4 Å². The lowest BCUT2D eigenvalue weighted by Gasteiger charge is -2.14. The molecule has 0 aliphatic carbocycles. The molecule has 1 atom stereocenters. The molecule has 0 spiro atoms. The van der Waals surface area contributed by atoms with Gasteiger partial charge in [-0.2, -0.15) is 0 Å². The minimum atomic E-state index is -0.717. The highest BCUT2D eigenvalue weighted by atomic mass is 79.9. The second-order valence-corrected chi connectivity index (χ2v) is 5.56. The van der Waals surface area contributed by atoms with Crippen LogP contribution in [0.15, 0.2) is 16.6 Å². The van der Waals surface area contributed by atoms with E-state index in [0.717, 1.165) is 0 Å². The van der Waals surface area contributed by atoms with Crippen molar-refractivity contribution in [3.05, 3.63) is 33.0 Å². The zero-order chi connectivity index (χ0) is 13.2. The molecule has 0 aliphatic heterocycles. The summed E-state index contributed by atoms with van der Waals surface area (Å²) in [6.07, 6.45) is 0.520. The molecule has 0 aromatic heterocycles. The van der Waals surface area contributed by atoms with Crippen LogP contribution >= 0.6 is 27.5 Å². The molecule has 1 rings (SSSR count). The van der Waals surface area contributed by atoms with Crippen molar-refractivity contribution in [3.63, 3.8) is 0 Å². The molecule has 1 aromatic carbocycles. The molecule has 0 saturated carbocycles. The Morgan fingerprint density at radius 2 is 2.12 bits per heavy atom. The molecule has 5 heteroatoms. The van der Waals surface area contributed by atoms with Crippen molar-refractivity contribution < 1.29 is 9.18 Å². The van der Waals surface area contributed by atoms with Crippen molar-refractivity contribution in [2.24, 2.45) is 11.7 Å². The van der Waals surface area contributed by atoms with E-state index in [0.29, 0.717) is 10.9 Å². The van der Waals surface area contributed by atoms with Gasteiger partial charge < -0.3 is 5.73 Å². The lowest BCUT2D eigenvalue weighted by molar-refractivity contribution is 0.0947. The van der Waals surface area contributed by atoms with E-state index >= 15 is 0 Å². The normalized spacial score (nSPS) is 12.9. The van der Waals surface area contributed by atoms with Gasteiger partial charge in [0, 0.05) is 4.47 Å². The summed E-state index contributed by atoms with van der Waals surface area (Å²) in [6, 6.07) is 2.25. The summed E-state index contributed by atoms with van der Waals surface area (Å²) in [5, 5.41) is -0.0902. The largest absolute Gasteiger partial charge is 0.321 e. The van der Waals surface area contributed by atoms with Gasteiger partial charge in [0.25, 0.3) is 0 Å². The summed E-state index contributed by atoms with van der Waals surface area (Å²) >= 11 is 8.81. The topological polar surface area (TPSA) is 43.1 Å². The Balaban J connectivity index is 3.01. The zero-order valence-corrected chi connectivity index (χ0v) is 12.0. The van der Waals surface area contributed by atoms with Crippen molar-refractivity contribution in [1.29, 1.82) is 0 Å². The first-order valence-electron chi connectivity index (χ1n) is 5.27. The third kappa shape index (κ3) is 3.50. The molecule has 2 N–H and O–H groups in total. The molecule has 0 radical (unpaired) electrons. The Bertz CT molecular complexity index is 437. The summed E-state index contributed by atoms with van der Waals surface area (Å²) in [4.78, 5) is 11.9. The molecule has 0 aliphatic rings. The Hall–Kier alpha value is -0.450. The van der Waals surface area contributed by atoms with E-state index in [1.54, 1.807) is 6.07 Å². The first kappa shape index (κ1) is 14.6. The maximum atomic E-state index is 13.8. The lowest BCUT2D eigenvalue weighted by atomic mass is 9.96.